The molecule has 0 spiro atoms. The van der Waals surface area contributed by atoms with Crippen LogP contribution in [0.1, 0.15) is 37.4 Å². The minimum Gasteiger partial charge on any atom is -0.744 e. The molecule has 1 aliphatic carbocycles. The van der Waals surface area contributed by atoms with Crippen LogP contribution in [0, 0.1) is 6.92 Å². The van der Waals surface area contributed by atoms with Crippen molar-refractivity contribution < 1.29 is 94.6 Å². The number of hydrogen-bond donors (Lipinski definition) is 2. The van der Waals surface area contributed by atoms with Crippen LogP contribution in [-0.4, -0.2) is 37.5 Å². The maximum atomic E-state index is 13.2. The quantitative estimate of drug-likeness (QED) is 0.149. The van der Waals surface area contributed by atoms with E-state index in [-0.39, 0.29) is 92.7 Å². The number of benzene rings is 3. The van der Waals surface area contributed by atoms with Crippen LogP contribution in [0.3, 0.4) is 0 Å². The number of rotatable bonds is 4. The summed E-state index contributed by atoms with van der Waals surface area (Å²) in [6, 6.07) is 10.3. The van der Waals surface area contributed by atoms with Crippen LogP contribution in [-0.2, 0) is 20.2 Å². The predicted octanol–water partition coefficient (Wildman–Crippen LogP) is -4.09. The zero-order valence-corrected chi connectivity index (χ0v) is 24.4. The summed E-state index contributed by atoms with van der Waals surface area (Å²) >= 11 is 0. The Labute approximate surface area is 245 Å². The van der Waals surface area contributed by atoms with E-state index in [4.69, 9.17) is 5.73 Å². The zero-order chi connectivity index (χ0) is 24.3. The van der Waals surface area contributed by atoms with E-state index in [1.165, 1.54) is 43.3 Å². The van der Waals surface area contributed by atoms with Gasteiger partial charge in [-0.25, -0.2) is 16.8 Å². The second-order valence-corrected chi connectivity index (χ2v) is 10.00. The molecule has 14 heteroatoms. The molecule has 0 radical (unpaired) electrons. The van der Waals surface area contributed by atoms with Crippen LogP contribution in [0.15, 0.2) is 58.3 Å². The largest absolute Gasteiger partial charge is 1.00 e. The first kappa shape index (κ1) is 29.6. The van der Waals surface area contributed by atoms with E-state index in [1.54, 1.807) is 0 Å². The van der Waals surface area contributed by atoms with Gasteiger partial charge in [0.1, 0.15) is 20.2 Å². The van der Waals surface area contributed by atoms with Crippen molar-refractivity contribution in [1.82, 2.24) is 0 Å². The topological polar surface area (TPSA) is 187 Å². The van der Waals surface area contributed by atoms with E-state index in [0.29, 0.717) is 0 Å². The Bertz CT molecular complexity index is 1600. The summed E-state index contributed by atoms with van der Waals surface area (Å²) in [5, 5.41) is 2.66. The Kier molecular flexibility index (Phi) is 8.83. The summed E-state index contributed by atoms with van der Waals surface area (Å²) in [5.41, 5.74) is 4.39. The average Bonchev–Trinajstić information content (AvgIpc) is 2.72. The van der Waals surface area contributed by atoms with Crippen LogP contribution in [0.25, 0.3) is 0 Å². The van der Waals surface area contributed by atoms with Gasteiger partial charge in [-0.3, -0.25) is 9.59 Å². The van der Waals surface area contributed by atoms with E-state index < -0.39 is 52.8 Å². The molecule has 0 saturated carbocycles. The molecule has 10 nitrogen and oxygen atoms in total. The van der Waals surface area contributed by atoms with E-state index in [0.717, 1.165) is 12.1 Å². The smallest absolute Gasteiger partial charge is 0.744 e. The molecule has 0 heterocycles. The van der Waals surface area contributed by atoms with Crippen molar-refractivity contribution in [3.63, 3.8) is 0 Å². The minimum absolute atomic E-state index is 0. The average molecular weight is 532 g/mol. The number of carbonyl (C=O) groups is 2. The van der Waals surface area contributed by atoms with Crippen LogP contribution in [0.5, 0.6) is 0 Å². The summed E-state index contributed by atoms with van der Waals surface area (Å²) < 4.78 is 70.1. The molecular formula is C21H14N2Na2O8S2. The van der Waals surface area contributed by atoms with E-state index in [9.17, 15) is 35.5 Å². The fraction of sp³-hybridized carbons (Fsp3) is 0.0476. The first-order valence-electron chi connectivity index (χ1n) is 9.25. The van der Waals surface area contributed by atoms with Crippen LogP contribution in [0.2, 0.25) is 0 Å². The molecule has 1 aliphatic rings. The number of nitrogens with one attached hydrogen (secondary N) is 1. The standard InChI is InChI=1S/C21H16N2O8S2.2Na/c1-10-6-7-11(8-15(10)32(26,27)28)23-14-9-16(33(29,30)31)19(22)18-17(14)20(24)12-4-2-3-5-13(12)21(18)25;;/h2-9,23H,22H2,1H3,(H,26,27,28)(H,29,30,31);;/q;2*+1/p-2. The summed E-state index contributed by atoms with van der Waals surface area (Å²) in [6.45, 7) is 1.40. The monoisotopic (exact) mass is 532 g/mol. The number of anilines is 3. The third-order valence-corrected chi connectivity index (χ3v) is 7.06. The van der Waals surface area contributed by atoms with Crippen molar-refractivity contribution in [2.75, 3.05) is 11.1 Å². The predicted molar refractivity (Wildman–Crippen MR) is 115 cm³/mol. The number of fused-ring (bicyclic) bond motifs is 2. The first-order valence-corrected chi connectivity index (χ1v) is 12.1. The molecule has 3 N–H and O–H groups in total. The summed E-state index contributed by atoms with van der Waals surface area (Å²) in [5.74, 6) is -1.41. The number of carbonyl (C=O) groups excluding carboxylic acids is 2. The molecule has 0 atom stereocenters. The van der Waals surface area contributed by atoms with Crippen LogP contribution < -0.4 is 70.2 Å². The molecule has 0 bridgehead atoms. The molecule has 0 unspecified atom stereocenters. The SMILES string of the molecule is Cc1ccc(Nc2cc(S(=O)(=O)[O-])c(N)c3c2C(=O)c2ccccc2C3=O)cc1S(=O)(=O)[O-].[Na+].[Na+]. The number of ketones is 2. The fourth-order valence-electron chi connectivity index (χ4n) is 3.70. The van der Waals surface area contributed by atoms with Crippen molar-refractivity contribution in [3.05, 3.63) is 76.3 Å². The van der Waals surface area contributed by atoms with Gasteiger partial charge in [-0.15, -0.1) is 0 Å². The second kappa shape index (κ2) is 10.4. The Morgan fingerprint density at radius 2 is 1.29 bits per heavy atom. The van der Waals surface area contributed by atoms with Gasteiger partial charge < -0.3 is 20.2 Å². The maximum absolute atomic E-state index is 13.2. The molecule has 0 aromatic heterocycles. The zero-order valence-electron chi connectivity index (χ0n) is 18.8. The van der Waals surface area contributed by atoms with Gasteiger partial charge in [-0.2, -0.15) is 0 Å². The van der Waals surface area contributed by atoms with Gasteiger partial charge in [-0.1, -0.05) is 30.3 Å². The fourth-order valence-corrected chi connectivity index (χ4v) is 5.07. The van der Waals surface area contributed by atoms with Gasteiger partial charge >= 0.3 is 59.1 Å². The molecule has 3 aromatic carbocycles. The van der Waals surface area contributed by atoms with E-state index >= 15 is 0 Å². The third kappa shape index (κ3) is 5.42. The Balaban J connectivity index is 0.00000216. The molecule has 35 heavy (non-hydrogen) atoms. The molecule has 3 aromatic rings. The van der Waals surface area contributed by atoms with E-state index in [2.05, 4.69) is 5.32 Å². The Morgan fingerprint density at radius 1 is 0.771 bits per heavy atom. The van der Waals surface area contributed by atoms with Gasteiger partial charge in [0, 0.05) is 16.8 Å². The minimum atomic E-state index is -5.16. The first-order chi connectivity index (χ1) is 15.3. The van der Waals surface area contributed by atoms with Crippen LogP contribution >= 0.6 is 0 Å². The molecule has 0 aliphatic heterocycles. The van der Waals surface area contributed by atoms with Crippen molar-refractivity contribution in [2.45, 2.75) is 16.7 Å². The van der Waals surface area contributed by atoms with Crippen molar-refractivity contribution in [3.8, 4) is 0 Å². The molecule has 170 valence electrons. The second-order valence-electron chi connectivity index (χ2n) is 7.30. The number of nitrogens with two attached hydrogens (primary N) is 1. The number of nitrogen functional groups attached to an aromatic ring is 1. The van der Waals surface area contributed by atoms with Gasteiger partial charge in [-0.05, 0) is 30.7 Å². The molecule has 0 saturated heterocycles. The van der Waals surface area contributed by atoms with Crippen molar-refractivity contribution >= 4 is 48.9 Å². The van der Waals surface area contributed by atoms with Gasteiger partial charge in [0.25, 0.3) is 0 Å². The van der Waals surface area contributed by atoms with Crippen molar-refractivity contribution in [1.29, 1.82) is 0 Å². The molecule has 0 fully saturated rings. The van der Waals surface area contributed by atoms with E-state index in [1.807, 2.05) is 0 Å². The number of aryl methyl sites for hydroxylation is 1. The third-order valence-electron chi connectivity index (χ3n) is 5.21. The van der Waals surface area contributed by atoms with Gasteiger partial charge in [0.15, 0.2) is 11.6 Å². The summed E-state index contributed by atoms with van der Waals surface area (Å²) in [6.07, 6.45) is 0. The van der Waals surface area contributed by atoms with Gasteiger partial charge in [0.05, 0.1) is 32.3 Å². The van der Waals surface area contributed by atoms with Gasteiger partial charge in [0.2, 0.25) is 0 Å². The number of hydrogen-bond acceptors (Lipinski definition) is 10. The molecule has 0 amide bonds. The summed E-state index contributed by atoms with van der Waals surface area (Å²) in [7, 11) is -10.0. The Hall–Kier alpha value is -1.58. The molecular weight excluding hydrogens is 518 g/mol. The molecule has 4 rings (SSSR count). The van der Waals surface area contributed by atoms with Crippen molar-refractivity contribution in [2.24, 2.45) is 0 Å². The summed E-state index contributed by atoms with van der Waals surface area (Å²) in [4.78, 5) is 24.9. The normalized spacial score (nSPS) is 12.7. The van der Waals surface area contributed by atoms with Crippen LogP contribution in [0.4, 0.5) is 17.1 Å². The maximum Gasteiger partial charge on any atom is 1.00 e. The Morgan fingerprint density at radius 3 is 1.80 bits per heavy atom.